The van der Waals surface area contributed by atoms with E-state index in [9.17, 15) is 4.79 Å². The lowest BCUT2D eigenvalue weighted by Crippen LogP contribution is -2.45. The van der Waals surface area contributed by atoms with Crippen LogP contribution in [-0.2, 0) is 9.53 Å². The highest BCUT2D eigenvalue weighted by Crippen LogP contribution is 2.26. The Morgan fingerprint density at radius 3 is 2.78 bits per heavy atom. The van der Waals surface area contributed by atoms with E-state index < -0.39 is 0 Å². The Balaban J connectivity index is 2.17. The molecule has 18 heavy (non-hydrogen) atoms. The number of nitrogens with two attached hydrogens (primary N) is 1. The highest BCUT2D eigenvalue weighted by Gasteiger charge is 2.29. The number of carbonyl (C=O) groups is 1. The van der Waals surface area contributed by atoms with Crippen LogP contribution in [0.2, 0.25) is 0 Å². The first-order chi connectivity index (χ1) is 8.72. The van der Waals surface area contributed by atoms with Gasteiger partial charge >= 0.3 is 5.97 Å². The third-order valence-corrected chi connectivity index (χ3v) is 3.29. The van der Waals surface area contributed by atoms with Crippen LogP contribution in [0.25, 0.3) is 0 Å². The Kier molecular flexibility index (Phi) is 4.07. The van der Waals surface area contributed by atoms with Crippen molar-refractivity contribution in [3.63, 3.8) is 0 Å². The van der Waals surface area contributed by atoms with Crippen molar-refractivity contribution in [1.29, 1.82) is 0 Å². The molecule has 1 fully saturated rings. The van der Waals surface area contributed by atoms with Crippen LogP contribution in [0.3, 0.4) is 0 Å². The minimum atomic E-state index is -0.151. The number of benzene rings is 1. The molecule has 0 unspecified atom stereocenters. The average Bonchev–Trinajstić information content (AvgIpc) is 2.40. The summed E-state index contributed by atoms with van der Waals surface area (Å²) in [4.78, 5) is 14.1. The predicted octanol–water partition coefficient (Wildman–Crippen LogP) is 2.19. The van der Waals surface area contributed by atoms with Crippen molar-refractivity contribution in [1.82, 2.24) is 0 Å². The quantitative estimate of drug-likeness (QED) is 0.658. The predicted molar refractivity (Wildman–Crippen MR) is 72.5 cm³/mol. The smallest absolute Gasteiger partial charge is 0.328 e. The fourth-order valence-electron chi connectivity index (χ4n) is 2.39. The van der Waals surface area contributed by atoms with Crippen molar-refractivity contribution < 1.29 is 9.53 Å². The van der Waals surface area contributed by atoms with Crippen LogP contribution in [0.4, 0.5) is 11.4 Å². The molecule has 1 heterocycles. The minimum absolute atomic E-state index is 0.117. The highest BCUT2D eigenvalue weighted by atomic mass is 16.5. The largest absolute Gasteiger partial charge is 0.464 e. The number of carbonyl (C=O) groups excluding carboxylic acids is 1. The van der Waals surface area contributed by atoms with Crippen LogP contribution >= 0.6 is 0 Å². The molecule has 0 saturated carbocycles. The summed E-state index contributed by atoms with van der Waals surface area (Å²) in [5.74, 6) is -0.117. The first kappa shape index (κ1) is 12.7. The molecule has 0 radical (unpaired) electrons. The number of piperidine rings is 1. The van der Waals surface area contributed by atoms with E-state index in [1.165, 1.54) is 0 Å². The third kappa shape index (κ3) is 2.75. The Bertz CT molecular complexity index is 403. The molecule has 98 valence electrons. The van der Waals surface area contributed by atoms with Gasteiger partial charge in [-0.3, -0.25) is 0 Å². The molecule has 0 aliphatic carbocycles. The fraction of sp³-hybridized carbons (Fsp3) is 0.500. The summed E-state index contributed by atoms with van der Waals surface area (Å²) in [5, 5.41) is 0. The maximum Gasteiger partial charge on any atom is 0.328 e. The van der Waals surface area contributed by atoms with Crippen LogP contribution in [0.1, 0.15) is 26.2 Å². The van der Waals surface area contributed by atoms with Gasteiger partial charge in [-0.2, -0.15) is 0 Å². The van der Waals surface area contributed by atoms with Gasteiger partial charge in [0.1, 0.15) is 6.04 Å². The zero-order valence-corrected chi connectivity index (χ0v) is 10.8. The topological polar surface area (TPSA) is 55.6 Å². The molecule has 0 bridgehead atoms. The van der Waals surface area contributed by atoms with E-state index in [4.69, 9.17) is 10.5 Å². The number of ether oxygens (including phenoxy) is 1. The molecule has 0 amide bonds. The van der Waals surface area contributed by atoms with Gasteiger partial charge in [0.25, 0.3) is 0 Å². The zero-order valence-electron chi connectivity index (χ0n) is 10.8. The SMILES string of the molecule is CCOC(=O)[C@@H]1CCCCN1c1ccc(N)cc1. The van der Waals surface area contributed by atoms with Gasteiger partial charge in [0.2, 0.25) is 0 Å². The van der Waals surface area contributed by atoms with Gasteiger partial charge in [0.15, 0.2) is 0 Å². The lowest BCUT2D eigenvalue weighted by atomic mass is 10.0. The highest BCUT2D eigenvalue weighted by molar-refractivity contribution is 5.80. The lowest BCUT2D eigenvalue weighted by Gasteiger charge is -2.35. The summed E-state index contributed by atoms with van der Waals surface area (Å²) < 4.78 is 5.15. The lowest BCUT2D eigenvalue weighted by molar-refractivity contribution is -0.145. The Morgan fingerprint density at radius 2 is 2.11 bits per heavy atom. The van der Waals surface area contributed by atoms with Gasteiger partial charge in [-0.05, 0) is 50.5 Å². The monoisotopic (exact) mass is 248 g/mol. The molecule has 1 atom stereocenters. The van der Waals surface area contributed by atoms with E-state index in [1.54, 1.807) is 0 Å². The van der Waals surface area contributed by atoms with Crippen molar-refractivity contribution in [3.05, 3.63) is 24.3 Å². The molecule has 1 saturated heterocycles. The molecule has 4 nitrogen and oxygen atoms in total. The van der Waals surface area contributed by atoms with Crippen LogP contribution in [0.5, 0.6) is 0 Å². The van der Waals surface area contributed by atoms with Gasteiger partial charge in [-0.1, -0.05) is 0 Å². The van der Waals surface area contributed by atoms with E-state index in [2.05, 4.69) is 4.90 Å². The molecule has 0 aromatic heterocycles. The van der Waals surface area contributed by atoms with Crippen molar-refractivity contribution >= 4 is 17.3 Å². The molecule has 1 aromatic carbocycles. The summed E-state index contributed by atoms with van der Waals surface area (Å²) in [7, 11) is 0. The second kappa shape index (κ2) is 5.76. The number of nitrogens with zero attached hydrogens (tertiary/aromatic N) is 1. The fourth-order valence-corrected chi connectivity index (χ4v) is 2.39. The summed E-state index contributed by atoms with van der Waals surface area (Å²) in [6.07, 6.45) is 3.05. The van der Waals surface area contributed by atoms with E-state index in [-0.39, 0.29) is 12.0 Å². The normalized spacial score (nSPS) is 19.6. The number of anilines is 2. The zero-order chi connectivity index (χ0) is 13.0. The Hall–Kier alpha value is -1.71. The Labute approximate surface area is 108 Å². The third-order valence-electron chi connectivity index (χ3n) is 3.29. The van der Waals surface area contributed by atoms with Crippen molar-refractivity contribution in [3.8, 4) is 0 Å². The summed E-state index contributed by atoms with van der Waals surface area (Å²) in [5.41, 5.74) is 7.47. The van der Waals surface area contributed by atoms with Crippen LogP contribution < -0.4 is 10.6 Å². The number of nitrogen functional groups attached to an aromatic ring is 1. The van der Waals surface area contributed by atoms with Crippen LogP contribution in [-0.4, -0.2) is 25.2 Å². The molecular weight excluding hydrogens is 228 g/mol. The van der Waals surface area contributed by atoms with Crippen LogP contribution in [0, 0.1) is 0 Å². The molecule has 1 aromatic rings. The van der Waals surface area contributed by atoms with Crippen molar-refractivity contribution in [2.75, 3.05) is 23.8 Å². The van der Waals surface area contributed by atoms with Gasteiger partial charge in [-0.25, -0.2) is 4.79 Å². The van der Waals surface area contributed by atoms with Gasteiger partial charge in [0.05, 0.1) is 6.61 Å². The number of rotatable bonds is 3. The summed E-state index contributed by atoms with van der Waals surface area (Å²) in [6, 6.07) is 7.51. The van der Waals surface area contributed by atoms with Gasteiger partial charge in [0, 0.05) is 17.9 Å². The number of esters is 1. The summed E-state index contributed by atoms with van der Waals surface area (Å²) >= 11 is 0. The van der Waals surface area contributed by atoms with E-state index >= 15 is 0 Å². The second-order valence-electron chi connectivity index (χ2n) is 4.55. The second-order valence-corrected chi connectivity index (χ2v) is 4.55. The maximum absolute atomic E-state index is 12.0. The van der Waals surface area contributed by atoms with Gasteiger partial charge in [-0.15, -0.1) is 0 Å². The minimum Gasteiger partial charge on any atom is -0.464 e. The summed E-state index contributed by atoms with van der Waals surface area (Å²) in [6.45, 7) is 3.17. The first-order valence-corrected chi connectivity index (χ1v) is 6.51. The molecular formula is C14H20N2O2. The molecule has 2 N–H and O–H groups in total. The van der Waals surface area contributed by atoms with Gasteiger partial charge < -0.3 is 15.4 Å². The van der Waals surface area contributed by atoms with E-state index in [0.29, 0.717) is 6.61 Å². The van der Waals surface area contributed by atoms with E-state index in [1.807, 2.05) is 31.2 Å². The van der Waals surface area contributed by atoms with Crippen molar-refractivity contribution in [2.24, 2.45) is 0 Å². The molecule has 2 rings (SSSR count). The molecule has 1 aliphatic rings. The molecule has 4 heteroatoms. The van der Waals surface area contributed by atoms with Crippen molar-refractivity contribution in [2.45, 2.75) is 32.2 Å². The number of hydrogen-bond acceptors (Lipinski definition) is 4. The average molecular weight is 248 g/mol. The Morgan fingerprint density at radius 1 is 1.39 bits per heavy atom. The standard InChI is InChI=1S/C14H20N2O2/c1-2-18-14(17)13-5-3-4-10-16(13)12-8-6-11(15)7-9-12/h6-9,13H,2-5,10,15H2,1H3/t13-/m0/s1. The van der Waals surface area contributed by atoms with Crippen LogP contribution in [0.15, 0.2) is 24.3 Å². The van der Waals surface area contributed by atoms with E-state index in [0.717, 1.165) is 37.2 Å². The maximum atomic E-state index is 12.0. The molecule has 0 spiro atoms. The number of hydrogen-bond donors (Lipinski definition) is 1. The first-order valence-electron chi connectivity index (χ1n) is 6.51. The molecule has 1 aliphatic heterocycles.